The van der Waals surface area contributed by atoms with E-state index in [-0.39, 0.29) is 11.4 Å². The summed E-state index contributed by atoms with van der Waals surface area (Å²) in [6, 6.07) is 5.64. The molecule has 24 heavy (non-hydrogen) atoms. The molecule has 1 aromatic heterocycles. The van der Waals surface area contributed by atoms with E-state index in [1.807, 2.05) is 39.0 Å². The number of carbonyl (C=O) groups is 1. The average Bonchev–Trinajstić information content (AvgIpc) is 3.29. The van der Waals surface area contributed by atoms with Gasteiger partial charge in [-0.25, -0.2) is 4.99 Å². The number of nitrogens with zero attached hydrogens (tertiary/aromatic N) is 2. The molecule has 0 saturated heterocycles. The Kier molecular flexibility index (Phi) is 5.54. The van der Waals surface area contributed by atoms with Crippen molar-refractivity contribution in [2.24, 2.45) is 4.99 Å². The van der Waals surface area contributed by atoms with Crippen LogP contribution in [0.5, 0.6) is 0 Å². The molecular weight excluding hydrogens is 300 g/mol. The largest absolute Gasteiger partial charge is 0.365 e. The maximum Gasteiger partial charge on any atom is 0.251 e. The summed E-state index contributed by atoms with van der Waals surface area (Å²) in [5.41, 5.74) is 3.30. The van der Waals surface area contributed by atoms with Crippen molar-refractivity contribution in [3.8, 4) is 0 Å². The zero-order valence-electron chi connectivity index (χ0n) is 14.9. The van der Waals surface area contributed by atoms with Crippen molar-refractivity contribution in [1.29, 1.82) is 0 Å². The minimum Gasteiger partial charge on any atom is -0.365 e. The second-order valence-corrected chi connectivity index (χ2v) is 6.70. The molecule has 0 aromatic carbocycles. The zero-order chi connectivity index (χ0) is 17.7. The van der Waals surface area contributed by atoms with Crippen molar-refractivity contribution < 1.29 is 4.79 Å². The van der Waals surface area contributed by atoms with E-state index in [1.165, 1.54) is 0 Å². The summed E-state index contributed by atoms with van der Waals surface area (Å²) in [6.45, 7) is 12.0. The molecule has 5 nitrogen and oxygen atoms in total. The fraction of sp³-hybridized carbons (Fsp3) is 0.421. The van der Waals surface area contributed by atoms with Gasteiger partial charge in [0.2, 0.25) is 0 Å². The zero-order valence-corrected chi connectivity index (χ0v) is 14.9. The average molecular weight is 326 g/mol. The molecule has 0 atom stereocenters. The van der Waals surface area contributed by atoms with E-state index >= 15 is 0 Å². The highest BCUT2D eigenvalue weighted by Crippen LogP contribution is 2.36. The number of aliphatic imine (C=N–C) groups is 1. The summed E-state index contributed by atoms with van der Waals surface area (Å²) in [5, 5.41) is 6.34. The van der Waals surface area contributed by atoms with Gasteiger partial charge in [-0.15, -0.1) is 0 Å². The van der Waals surface area contributed by atoms with E-state index in [4.69, 9.17) is 0 Å². The van der Waals surface area contributed by atoms with Gasteiger partial charge in [-0.2, -0.15) is 0 Å². The molecular formula is C19H26N4O. The third-order valence-electron chi connectivity index (χ3n) is 4.19. The summed E-state index contributed by atoms with van der Waals surface area (Å²) >= 11 is 0. The maximum absolute atomic E-state index is 12.7. The molecule has 1 amide bonds. The van der Waals surface area contributed by atoms with Gasteiger partial charge in [0.25, 0.3) is 5.91 Å². The molecule has 5 heteroatoms. The molecule has 128 valence electrons. The van der Waals surface area contributed by atoms with Crippen LogP contribution in [0.2, 0.25) is 0 Å². The van der Waals surface area contributed by atoms with Crippen LogP contribution in [0.1, 0.15) is 46.2 Å². The van der Waals surface area contributed by atoms with Gasteiger partial charge in [-0.3, -0.25) is 9.78 Å². The minimum atomic E-state index is -0.123. The van der Waals surface area contributed by atoms with Gasteiger partial charge in [0.15, 0.2) is 0 Å². The molecule has 2 N–H and O–H groups in total. The van der Waals surface area contributed by atoms with Crippen molar-refractivity contribution in [1.82, 2.24) is 15.6 Å². The van der Waals surface area contributed by atoms with Crippen LogP contribution in [-0.2, 0) is 11.3 Å². The predicted octanol–water partition coefficient (Wildman–Crippen LogP) is 3.11. The van der Waals surface area contributed by atoms with Gasteiger partial charge in [0.05, 0.1) is 12.2 Å². The quantitative estimate of drug-likeness (QED) is 0.460. The number of carbonyl (C=O) groups excluding carboxylic acids is 1. The van der Waals surface area contributed by atoms with Crippen molar-refractivity contribution in [2.75, 3.05) is 0 Å². The first kappa shape index (κ1) is 17.9. The van der Waals surface area contributed by atoms with Crippen molar-refractivity contribution in [2.45, 2.75) is 52.6 Å². The van der Waals surface area contributed by atoms with E-state index in [2.05, 4.69) is 34.3 Å². The Bertz CT molecular complexity index is 681. The first-order valence-electron chi connectivity index (χ1n) is 8.18. The summed E-state index contributed by atoms with van der Waals surface area (Å²) in [4.78, 5) is 21.0. The Balaban J connectivity index is 2.17. The molecule has 1 aliphatic rings. The van der Waals surface area contributed by atoms with Gasteiger partial charge in [0.1, 0.15) is 5.82 Å². The molecule has 1 heterocycles. The van der Waals surface area contributed by atoms with Gasteiger partial charge >= 0.3 is 0 Å². The fourth-order valence-electron chi connectivity index (χ4n) is 2.50. The number of amides is 1. The second kappa shape index (κ2) is 7.43. The normalized spacial score (nSPS) is 15.8. The number of nitrogens with one attached hydrogen (secondary N) is 2. The van der Waals surface area contributed by atoms with Crippen LogP contribution in [0.4, 0.5) is 0 Å². The molecule has 1 aromatic rings. The van der Waals surface area contributed by atoms with Gasteiger partial charge in [-0.05, 0) is 59.4 Å². The lowest BCUT2D eigenvalue weighted by Crippen LogP contribution is -2.30. The molecule has 2 rings (SSSR count). The number of hydrogen-bond donors (Lipinski definition) is 2. The molecule has 1 fully saturated rings. The molecule has 1 aliphatic carbocycles. The lowest BCUT2D eigenvalue weighted by molar-refractivity contribution is -0.117. The highest BCUT2D eigenvalue weighted by Gasteiger charge is 2.38. The summed E-state index contributed by atoms with van der Waals surface area (Å²) < 4.78 is 0. The van der Waals surface area contributed by atoms with E-state index in [0.29, 0.717) is 17.9 Å². The lowest BCUT2D eigenvalue weighted by Gasteiger charge is -2.18. The highest BCUT2D eigenvalue weighted by molar-refractivity contribution is 5.98. The standard InChI is InChI=1S/C19H26N4O/c1-13(2)16(14(3)17(20-5)23-19(4)9-10-19)18(24)22-12-15-8-6-7-11-21-15/h6-8,11,23H,5,9-10,12H2,1-4H3,(H,22,24)/b17-14-. The molecule has 0 radical (unpaired) electrons. The van der Waals surface area contributed by atoms with Gasteiger partial charge in [-0.1, -0.05) is 11.6 Å². The Hall–Kier alpha value is -2.43. The van der Waals surface area contributed by atoms with Crippen LogP contribution in [0.3, 0.4) is 0 Å². The Morgan fingerprint density at radius 1 is 1.33 bits per heavy atom. The first-order chi connectivity index (χ1) is 11.4. The van der Waals surface area contributed by atoms with Crippen molar-refractivity contribution in [3.63, 3.8) is 0 Å². The SMILES string of the molecule is C=N/C(NC1(C)CC1)=C(\C)C(C(=O)NCc1ccccn1)=C(C)C. The molecule has 1 saturated carbocycles. The van der Waals surface area contributed by atoms with Crippen LogP contribution >= 0.6 is 0 Å². The third-order valence-corrected chi connectivity index (χ3v) is 4.19. The Labute approximate surface area is 144 Å². The molecule has 0 aliphatic heterocycles. The second-order valence-electron chi connectivity index (χ2n) is 6.70. The number of aromatic nitrogens is 1. The number of hydrogen-bond acceptors (Lipinski definition) is 4. The molecule has 0 spiro atoms. The summed E-state index contributed by atoms with van der Waals surface area (Å²) in [7, 11) is 0. The smallest absolute Gasteiger partial charge is 0.251 e. The lowest BCUT2D eigenvalue weighted by atomic mass is 10.0. The van der Waals surface area contributed by atoms with Crippen LogP contribution in [0.15, 0.2) is 51.9 Å². The topological polar surface area (TPSA) is 66.4 Å². The number of allylic oxidation sites excluding steroid dienone is 1. The highest BCUT2D eigenvalue weighted by atomic mass is 16.1. The summed E-state index contributed by atoms with van der Waals surface area (Å²) in [5.74, 6) is 0.557. The van der Waals surface area contributed by atoms with Crippen LogP contribution < -0.4 is 10.6 Å². The molecule has 0 bridgehead atoms. The van der Waals surface area contributed by atoms with Crippen LogP contribution in [-0.4, -0.2) is 23.1 Å². The van der Waals surface area contributed by atoms with E-state index in [0.717, 1.165) is 29.7 Å². The van der Waals surface area contributed by atoms with Crippen LogP contribution in [0, 0.1) is 0 Å². The number of rotatable bonds is 7. The van der Waals surface area contributed by atoms with E-state index in [1.54, 1.807) is 6.20 Å². The van der Waals surface area contributed by atoms with Gasteiger partial charge in [0, 0.05) is 22.9 Å². The van der Waals surface area contributed by atoms with Crippen molar-refractivity contribution in [3.05, 3.63) is 52.6 Å². The maximum atomic E-state index is 12.7. The van der Waals surface area contributed by atoms with Gasteiger partial charge < -0.3 is 10.6 Å². The fourth-order valence-corrected chi connectivity index (χ4v) is 2.50. The minimum absolute atomic E-state index is 0.0783. The monoisotopic (exact) mass is 326 g/mol. The van der Waals surface area contributed by atoms with E-state index in [9.17, 15) is 4.79 Å². The number of pyridine rings is 1. The van der Waals surface area contributed by atoms with E-state index < -0.39 is 0 Å². The summed E-state index contributed by atoms with van der Waals surface area (Å²) in [6.07, 6.45) is 3.93. The predicted molar refractivity (Wildman–Crippen MR) is 97.5 cm³/mol. The first-order valence-corrected chi connectivity index (χ1v) is 8.18. The van der Waals surface area contributed by atoms with Crippen molar-refractivity contribution >= 4 is 12.6 Å². The Morgan fingerprint density at radius 3 is 2.54 bits per heavy atom. The Morgan fingerprint density at radius 2 is 2.04 bits per heavy atom. The molecule has 0 unspecified atom stereocenters. The van der Waals surface area contributed by atoms with Crippen LogP contribution in [0.25, 0.3) is 0 Å². The third kappa shape index (κ3) is 4.54.